The van der Waals surface area contributed by atoms with E-state index in [0.717, 1.165) is 11.3 Å². The molecule has 2 aliphatic heterocycles. The lowest BCUT2D eigenvalue weighted by Gasteiger charge is -2.24. The molecule has 0 aliphatic carbocycles. The topological polar surface area (TPSA) is 85.3 Å². The van der Waals surface area contributed by atoms with Gasteiger partial charge in [0.15, 0.2) is 15.0 Å². The first-order valence-corrected chi connectivity index (χ1v) is 12.1. The highest BCUT2D eigenvalue weighted by Crippen LogP contribution is 2.41. The number of anilines is 1. The second-order valence-corrected chi connectivity index (χ2v) is 10.5. The SMILES string of the molecule is COc1ccc(N2C(=NC(=O)Cc3ccccc3OC)SC3CS(=O)(=O)CC32)cc1. The average Bonchev–Trinajstić information content (AvgIpc) is 3.19. The van der Waals surface area contributed by atoms with E-state index < -0.39 is 9.84 Å². The molecule has 7 nitrogen and oxygen atoms in total. The van der Waals surface area contributed by atoms with Crippen LogP contribution in [0.4, 0.5) is 5.69 Å². The van der Waals surface area contributed by atoms with Crippen molar-refractivity contribution in [3.05, 3.63) is 54.1 Å². The van der Waals surface area contributed by atoms with Crippen LogP contribution in [-0.4, -0.2) is 56.5 Å². The predicted octanol–water partition coefficient (Wildman–Crippen LogP) is 2.55. The number of rotatable bonds is 5. The largest absolute Gasteiger partial charge is 0.497 e. The maximum absolute atomic E-state index is 12.7. The van der Waals surface area contributed by atoms with Gasteiger partial charge in [-0.1, -0.05) is 30.0 Å². The van der Waals surface area contributed by atoms with E-state index >= 15 is 0 Å². The molecule has 0 saturated carbocycles. The predicted molar refractivity (Wildman–Crippen MR) is 118 cm³/mol. The number of hydrogen-bond donors (Lipinski definition) is 0. The van der Waals surface area contributed by atoms with Gasteiger partial charge in [-0.2, -0.15) is 4.99 Å². The number of methoxy groups -OCH3 is 2. The lowest BCUT2D eigenvalue weighted by Crippen LogP contribution is -2.37. The molecule has 158 valence electrons. The van der Waals surface area contributed by atoms with Crippen molar-refractivity contribution in [2.75, 3.05) is 30.6 Å². The number of fused-ring (bicyclic) bond motifs is 1. The number of para-hydroxylation sites is 1. The van der Waals surface area contributed by atoms with Crippen molar-refractivity contribution < 1.29 is 22.7 Å². The Morgan fingerprint density at radius 1 is 1.10 bits per heavy atom. The molecule has 0 aromatic heterocycles. The van der Waals surface area contributed by atoms with Crippen molar-refractivity contribution in [1.82, 2.24) is 0 Å². The van der Waals surface area contributed by atoms with Crippen molar-refractivity contribution in [1.29, 1.82) is 0 Å². The van der Waals surface area contributed by atoms with Crippen LogP contribution < -0.4 is 14.4 Å². The molecular formula is C21H22N2O5S2. The highest BCUT2D eigenvalue weighted by molar-refractivity contribution is 8.16. The first kappa shape index (κ1) is 20.7. The van der Waals surface area contributed by atoms with Gasteiger partial charge in [-0.05, 0) is 30.3 Å². The maximum atomic E-state index is 12.7. The molecule has 2 aromatic carbocycles. The molecular weight excluding hydrogens is 424 g/mol. The van der Waals surface area contributed by atoms with Crippen molar-refractivity contribution in [3.63, 3.8) is 0 Å². The van der Waals surface area contributed by atoms with E-state index in [1.54, 1.807) is 20.3 Å². The Hall–Kier alpha value is -2.52. The highest BCUT2D eigenvalue weighted by Gasteiger charge is 2.49. The van der Waals surface area contributed by atoms with Crippen molar-refractivity contribution in [3.8, 4) is 11.5 Å². The molecule has 0 radical (unpaired) electrons. The van der Waals surface area contributed by atoms with Crippen molar-refractivity contribution in [2.45, 2.75) is 17.7 Å². The Balaban J connectivity index is 1.64. The van der Waals surface area contributed by atoms with Crippen LogP contribution >= 0.6 is 11.8 Å². The van der Waals surface area contributed by atoms with E-state index in [9.17, 15) is 13.2 Å². The maximum Gasteiger partial charge on any atom is 0.252 e. The van der Waals surface area contributed by atoms with Crippen LogP contribution in [0.2, 0.25) is 0 Å². The number of nitrogens with zero attached hydrogens (tertiary/aromatic N) is 2. The van der Waals surface area contributed by atoms with Gasteiger partial charge in [0.1, 0.15) is 11.5 Å². The Kier molecular flexibility index (Phi) is 5.75. The van der Waals surface area contributed by atoms with Gasteiger partial charge in [0.05, 0.1) is 38.2 Å². The van der Waals surface area contributed by atoms with Crippen LogP contribution in [0.25, 0.3) is 0 Å². The molecule has 1 amide bonds. The van der Waals surface area contributed by atoms with Gasteiger partial charge in [0.2, 0.25) is 0 Å². The summed E-state index contributed by atoms with van der Waals surface area (Å²) in [6, 6.07) is 14.4. The number of carbonyl (C=O) groups excluding carboxylic acids is 1. The molecule has 30 heavy (non-hydrogen) atoms. The molecule has 2 heterocycles. The minimum absolute atomic E-state index is 0.0520. The molecule has 9 heteroatoms. The number of sulfone groups is 1. The summed E-state index contributed by atoms with van der Waals surface area (Å²) in [5.74, 6) is 1.18. The molecule has 0 spiro atoms. The third kappa shape index (κ3) is 4.17. The van der Waals surface area contributed by atoms with Crippen LogP contribution in [0, 0.1) is 0 Å². The third-order valence-corrected chi connectivity index (χ3v) is 8.38. The van der Waals surface area contributed by atoms with Crippen LogP contribution in [-0.2, 0) is 21.1 Å². The average molecular weight is 447 g/mol. The van der Waals surface area contributed by atoms with E-state index in [1.165, 1.54) is 11.8 Å². The summed E-state index contributed by atoms with van der Waals surface area (Å²) < 4.78 is 34.9. The lowest BCUT2D eigenvalue weighted by molar-refractivity contribution is -0.117. The van der Waals surface area contributed by atoms with E-state index in [0.29, 0.717) is 16.7 Å². The summed E-state index contributed by atoms with van der Waals surface area (Å²) in [7, 11) is 0.0392. The minimum atomic E-state index is -3.11. The number of thioether (sulfide) groups is 1. The number of amides is 1. The summed E-state index contributed by atoms with van der Waals surface area (Å²) >= 11 is 1.36. The van der Waals surface area contributed by atoms with Crippen LogP contribution in [0.3, 0.4) is 0 Å². The zero-order valence-electron chi connectivity index (χ0n) is 16.6. The fourth-order valence-electron chi connectivity index (χ4n) is 3.77. The van der Waals surface area contributed by atoms with Gasteiger partial charge in [0, 0.05) is 16.5 Å². The second kappa shape index (κ2) is 8.31. The van der Waals surface area contributed by atoms with Gasteiger partial charge in [-0.25, -0.2) is 8.42 Å². The van der Waals surface area contributed by atoms with E-state index in [1.807, 2.05) is 47.4 Å². The smallest absolute Gasteiger partial charge is 0.252 e. The van der Waals surface area contributed by atoms with E-state index in [4.69, 9.17) is 9.47 Å². The number of carbonyl (C=O) groups is 1. The standard InChI is InChI=1S/C21H22N2O5S2/c1-27-16-9-7-15(8-10-16)23-17-12-30(25,26)13-19(17)29-21(23)22-20(24)11-14-5-3-4-6-18(14)28-2/h3-10,17,19H,11-13H2,1-2H3. The van der Waals surface area contributed by atoms with Gasteiger partial charge >= 0.3 is 0 Å². The minimum Gasteiger partial charge on any atom is -0.497 e. The molecule has 0 bridgehead atoms. The number of ether oxygens (including phenoxy) is 2. The first-order chi connectivity index (χ1) is 14.4. The Bertz CT molecular complexity index is 1080. The molecule has 2 saturated heterocycles. The molecule has 2 aliphatic rings. The van der Waals surface area contributed by atoms with Gasteiger partial charge < -0.3 is 14.4 Å². The zero-order valence-corrected chi connectivity index (χ0v) is 18.3. The monoisotopic (exact) mass is 446 g/mol. The molecule has 4 rings (SSSR count). The third-order valence-electron chi connectivity index (χ3n) is 5.17. The normalized spacial score (nSPS) is 23.4. The highest BCUT2D eigenvalue weighted by atomic mass is 32.2. The summed E-state index contributed by atoms with van der Waals surface area (Å²) in [6.45, 7) is 0. The van der Waals surface area contributed by atoms with Crippen molar-refractivity contribution >= 4 is 38.4 Å². The van der Waals surface area contributed by atoms with E-state index in [2.05, 4.69) is 4.99 Å². The fraction of sp³-hybridized carbons (Fsp3) is 0.333. The van der Waals surface area contributed by atoms with Gasteiger partial charge in [0.25, 0.3) is 5.91 Å². The van der Waals surface area contributed by atoms with Gasteiger partial charge in [-0.3, -0.25) is 4.79 Å². The van der Waals surface area contributed by atoms with Crippen LogP contribution in [0.5, 0.6) is 11.5 Å². The Labute approximate surface area is 180 Å². The Morgan fingerprint density at radius 3 is 2.53 bits per heavy atom. The summed E-state index contributed by atoms with van der Waals surface area (Å²) in [5, 5.41) is 0.389. The number of benzene rings is 2. The molecule has 0 N–H and O–H groups in total. The summed E-state index contributed by atoms with van der Waals surface area (Å²) in [5.41, 5.74) is 1.55. The van der Waals surface area contributed by atoms with Gasteiger partial charge in [-0.15, -0.1) is 0 Å². The first-order valence-electron chi connectivity index (χ1n) is 9.44. The lowest BCUT2D eigenvalue weighted by atomic mass is 10.1. The van der Waals surface area contributed by atoms with Crippen LogP contribution in [0.1, 0.15) is 5.56 Å². The van der Waals surface area contributed by atoms with Crippen LogP contribution in [0.15, 0.2) is 53.5 Å². The number of amidine groups is 1. The zero-order chi connectivity index (χ0) is 21.3. The molecule has 2 aromatic rings. The number of hydrogen-bond acceptors (Lipinski definition) is 6. The quantitative estimate of drug-likeness (QED) is 0.698. The summed E-state index contributed by atoms with van der Waals surface area (Å²) in [4.78, 5) is 19.0. The molecule has 2 fully saturated rings. The number of aliphatic imine (C=N–C) groups is 1. The Morgan fingerprint density at radius 2 is 1.83 bits per heavy atom. The fourth-order valence-corrected chi connectivity index (χ4v) is 7.70. The van der Waals surface area contributed by atoms with E-state index in [-0.39, 0.29) is 35.1 Å². The summed E-state index contributed by atoms with van der Waals surface area (Å²) in [6.07, 6.45) is 0.109. The van der Waals surface area contributed by atoms with Crippen molar-refractivity contribution in [2.24, 2.45) is 4.99 Å². The second-order valence-electron chi connectivity index (χ2n) is 7.15. The molecule has 2 unspecified atom stereocenters. The molecule has 2 atom stereocenters.